The summed E-state index contributed by atoms with van der Waals surface area (Å²) in [6, 6.07) is 8.32. The minimum atomic E-state index is -0.171. The Balaban J connectivity index is 1.70. The van der Waals surface area contributed by atoms with E-state index in [1.807, 2.05) is 43.1 Å². The number of hydrogen-bond acceptors (Lipinski definition) is 4. The van der Waals surface area contributed by atoms with Gasteiger partial charge in [0.1, 0.15) is 0 Å². The van der Waals surface area contributed by atoms with Gasteiger partial charge >= 0.3 is 0 Å². The first-order valence-corrected chi connectivity index (χ1v) is 9.02. The Morgan fingerprint density at radius 2 is 2.09 bits per heavy atom. The van der Waals surface area contributed by atoms with Gasteiger partial charge in [-0.1, -0.05) is 49.4 Å². The first-order valence-electron chi connectivity index (χ1n) is 8.14. The van der Waals surface area contributed by atoms with Gasteiger partial charge in [0.05, 0.1) is 10.9 Å². The summed E-state index contributed by atoms with van der Waals surface area (Å²) < 4.78 is 0. The van der Waals surface area contributed by atoms with Gasteiger partial charge in [-0.2, -0.15) is 0 Å². The zero-order chi connectivity index (χ0) is 16.4. The number of benzene rings is 1. The predicted octanol–water partition coefficient (Wildman–Crippen LogP) is 3.77. The fourth-order valence-electron chi connectivity index (χ4n) is 3.00. The first-order chi connectivity index (χ1) is 11.1. The molecule has 1 fully saturated rings. The molecular formula is C18H23N3OS. The van der Waals surface area contributed by atoms with E-state index >= 15 is 0 Å². The molecule has 2 aliphatic rings. The Morgan fingerprint density at radius 3 is 2.83 bits per heavy atom. The normalized spacial score (nSPS) is 19.3. The van der Waals surface area contributed by atoms with Crippen molar-refractivity contribution >= 4 is 34.2 Å². The lowest BCUT2D eigenvalue weighted by Crippen LogP contribution is -2.39. The third-order valence-corrected chi connectivity index (χ3v) is 5.62. The molecule has 1 N–H and O–H groups in total. The highest BCUT2D eigenvalue weighted by molar-refractivity contribution is 8.14. The lowest BCUT2D eigenvalue weighted by molar-refractivity contribution is -0.120. The minimum Gasteiger partial charge on any atom is -0.352 e. The van der Waals surface area contributed by atoms with Gasteiger partial charge in [-0.25, -0.2) is 4.99 Å². The molecular weight excluding hydrogens is 306 g/mol. The van der Waals surface area contributed by atoms with Crippen molar-refractivity contribution in [2.45, 2.75) is 43.9 Å². The van der Waals surface area contributed by atoms with Gasteiger partial charge in [-0.15, -0.1) is 0 Å². The Bertz CT molecular complexity index is 649. The average Bonchev–Trinajstić information content (AvgIpc) is 3.05. The Hall–Kier alpha value is -1.75. The van der Waals surface area contributed by atoms with E-state index in [1.165, 1.54) is 24.6 Å². The highest BCUT2D eigenvalue weighted by atomic mass is 32.2. The Morgan fingerprint density at radius 1 is 1.39 bits per heavy atom. The number of rotatable bonds is 3. The molecule has 0 saturated heterocycles. The van der Waals surface area contributed by atoms with Crippen molar-refractivity contribution in [2.24, 2.45) is 4.99 Å². The van der Waals surface area contributed by atoms with Gasteiger partial charge in [0.15, 0.2) is 5.17 Å². The molecule has 1 aliphatic heterocycles. The number of carbonyl (C=O) groups is 1. The van der Waals surface area contributed by atoms with E-state index in [4.69, 9.17) is 4.99 Å². The van der Waals surface area contributed by atoms with E-state index in [0.717, 1.165) is 35.0 Å². The highest BCUT2D eigenvalue weighted by Crippen LogP contribution is 2.35. The number of amidine groups is 1. The number of amides is 1. The van der Waals surface area contributed by atoms with Gasteiger partial charge < -0.3 is 10.2 Å². The van der Waals surface area contributed by atoms with E-state index < -0.39 is 0 Å². The summed E-state index contributed by atoms with van der Waals surface area (Å²) in [4.78, 5) is 19.0. The van der Waals surface area contributed by atoms with Crippen molar-refractivity contribution in [3.63, 3.8) is 0 Å². The van der Waals surface area contributed by atoms with Crippen molar-refractivity contribution in [3.8, 4) is 0 Å². The van der Waals surface area contributed by atoms with Crippen molar-refractivity contribution in [1.82, 2.24) is 10.2 Å². The second-order valence-corrected chi connectivity index (χ2v) is 7.48. The van der Waals surface area contributed by atoms with E-state index in [2.05, 4.69) is 11.9 Å². The number of thioether (sulfide) groups is 1. The summed E-state index contributed by atoms with van der Waals surface area (Å²) in [6.45, 7) is 6.09. The maximum atomic E-state index is 12.4. The highest BCUT2D eigenvalue weighted by Gasteiger charge is 2.26. The monoisotopic (exact) mass is 329 g/mol. The second-order valence-electron chi connectivity index (χ2n) is 6.17. The number of fused-ring (bicyclic) bond motifs is 1. The number of nitrogens with one attached hydrogen (secondary N) is 1. The molecule has 5 heteroatoms. The summed E-state index contributed by atoms with van der Waals surface area (Å²) >= 11 is 1.49. The van der Waals surface area contributed by atoms with Crippen LogP contribution in [0.5, 0.6) is 0 Å². The summed E-state index contributed by atoms with van der Waals surface area (Å²) in [5, 5.41) is 3.81. The molecule has 23 heavy (non-hydrogen) atoms. The molecule has 3 rings (SSSR count). The lowest BCUT2D eigenvalue weighted by Gasteiger charge is -2.29. The molecule has 4 nitrogen and oxygen atoms in total. The van der Waals surface area contributed by atoms with Crippen LogP contribution >= 0.6 is 11.8 Å². The zero-order valence-electron chi connectivity index (χ0n) is 13.7. The molecule has 1 atom stereocenters. The molecule has 1 aromatic rings. The smallest absolute Gasteiger partial charge is 0.233 e. The van der Waals surface area contributed by atoms with Crippen LogP contribution in [-0.4, -0.2) is 34.3 Å². The number of aliphatic imine (C=N–C) groups is 1. The molecule has 0 unspecified atom stereocenters. The Labute approximate surface area is 142 Å². The van der Waals surface area contributed by atoms with E-state index in [9.17, 15) is 4.79 Å². The SMILES string of the molecule is C=C1c2ccccc2N=C(S[C@@H](C)C(=O)NC2CCCC2)N1C. The van der Waals surface area contributed by atoms with Crippen LogP contribution in [0.15, 0.2) is 35.8 Å². The van der Waals surface area contributed by atoms with E-state index in [-0.39, 0.29) is 11.2 Å². The summed E-state index contributed by atoms with van der Waals surface area (Å²) in [7, 11) is 1.95. The van der Waals surface area contributed by atoms with Crippen LogP contribution in [0, 0.1) is 0 Å². The molecule has 0 aromatic heterocycles. The molecule has 0 bridgehead atoms. The molecule has 1 heterocycles. The van der Waals surface area contributed by atoms with E-state index in [1.54, 1.807) is 0 Å². The molecule has 1 amide bonds. The largest absolute Gasteiger partial charge is 0.352 e. The quantitative estimate of drug-likeness (QED) is 0.918. The fraction of sp³-hybridized carbons (Fsp3) is 0.444. The maximum Gasteiger partial charge on any atom is 0.233 e. The summed E-state index contributed by atoms with van der Waals surface area (Å²) in [5.41, 5.74) is 2.88. The van der Waals surface area contributed by atoms with Crippen LogP contribution in [0.4, 0.5) is 5.69 Å². The molecule has 122 valence electrons. The van der Waals surface area contributed by atoms with Crippen molar-refractivity contribution in [2.75, 3.05) is 7.05 Å². The summed E-state index contributed by atoms with van der Waals surface area (Å²) in [5.74, 6) is 0.0995. The van der Waals surface area contributed by atoms with Crippen LogP contribution < -0.4 is 5.32 Å². The topological polar surface area (TPSA) is 44.7 Å². The number of hydrogen-bond donors (Lipinski definition) is 1. The predicted molar refractivity (Wildman–Crippen MR) is 97.8 cm³/mol. The van der Waals surface area contributed by atoms with Gasteiger partial charge in [-0.3, -0.25) is 4.79 Å². The lowest BCUT2D eigenvalue weighted by atomic mass is 10.1. The number of para-hydroxylation sites is 1. The van der Waals surface area contributed by atoms with Crippen molar-refractivity contribution < 1.29 is 4.79 Å². The van der Waals surface area contributed by atoms with Crippen LogP contribution in [0.1, 0.15) is 38.2 Å². The molecule has 1 aliphatic carbocycles. The second kappa shape index (κ2) is 6.79. The first kappa shape index (κ1) is 16.1. The molecule has 0 radical (unpaired) electrons. The number of carbonyl (C=O) groups excluding carboxylic acids is 1. The van der Waals surface area contributed by atoms with Crippen LogP contribution in [0.3, 0.4) is 0 Å². The Kier molecular flexibility index (Phi) is 4.76. The van der Waals surface area contributed by atoms with E-state index in [0.29, 0.717) is 6.04 Å². The summed E-state index contributed by atoms with van der Waals surface area (Å²) in [6.07, 6.45) is 4.65. The van der Waals surface area contributed by atoms with Crippen molar-refractivity contribution in [1.29, 1.82) is 0 Å². The molecule has 1 aromatic carbocycles. The van der Waals surface area contributed by atoms with Gasteiger partial charge in [-0.05, 0) is 25.8 Å². The maximum absolute atomic E-state index is 12.4. The van der Waals surface area contributed by atoms with Crippen molar-refractivity contribution in [3.05, 3.63) is 36.4 Å². The third kappa shape index (κ3) is 3.44. The van der Waals surface area contributed by atoms with Gasteiger partial charge in [0.2, 0.25) is 5.91 Å². The molecule has 0 spiro atoms. The third-order valence-electron chi connectivity index (χ3n) is 4.48. The average molecular weight is 329 g/mol. The standard InChI is InChI=1S/C18H23N3OS/c1-12-15-10-6-7-11-16(15)20-18(21(12)3)23-13(2)17(22)19-14-8-4-5-9-14/h6-7,10-11,13-14H,1,4-5,8-9H2,2-3H3,(H,19,22)/t13-/m0/s1. The fourth-order valence-corrected chi connectivity index (χ4v) is 3.91. The molecule has 1 saturated carbocycles. The van der Waals surface area contributed by atoms with Gasteiger partial charge in [0.25, 0.3) is 0 Å². The van der Waals surface area contributed by atoms with Crippen LogP contribution in [0.2, 0.25) is 0 Å². The van der Waals surface area contributed by atoms with Crippen LogP contribution in [0.25, 0.3) is 5.70 Å². The minimum absolute atomic E-state index is 0.0995. The van der Waals surface area contributed by atoms with Gasteiger partial charge in [0, 0.05) is 24.4 Å². The zero-order valence-corrected chi connectivity index (χ0v) is 14.5. The number of nitrogens with zero attached hydrogens (tertiary/aromatic N) is 2. The van der Waals surface area contributed by atoms with Crippen LogP contribution in [-0.2, 0) is 4.79 Å².